The smallest absolute Gasteiger partial charge is 0.251 e. The van der Waals surface area contributed by atoms with E-state index in [0.29, 0.717) is 18.0 Å². The van der Waals surface area contributed by atoms with E-state index in [1.807, 2.05) is 36.7 Å². The summed E-state index contributed by atoms with van der Waals surface area (Å²) in [6.07, 6.45) is 10.5. The van der Waals surface area contributed by atoms with Crippen LogP contribution < -0.4 is 16.0 Å². The van der Waals surface area contributed by atoms with Crippen molar-refractivity contribution in [2.45, 2.75) is 82.9 Å². The van der Waals surface area contributed by atoms with Gasteiger partial charge in [-0.3, -0.25) is 4.79 Å². The van der Waals surface area contributed by atoms with E-state index in [1.54, 1.807) is 0 Å². The zero-order valence-electron chi connectivity index (χ0n) is 21.2. The Balaban J connectivity index is 1.31. The Kier molecular flexibility index (Phi) is 5.86. The van der Waals surface area contributed by atoms with Crippen LogP contribution in [0.15, 0.2) is 30.5 Å². The molecule has 3 aliphatic rings. The van der Waals surface area contributed by atoms with E-state index in [0.717, 1.165) is 71.8 Å². The number of carbonyl (C=O) groups excluding carboxylic acids is 1. The summed E-state index contributed by atoms with van der Waals surface area (Å²) in [7, 11) is 0. The largest absolute Gasteiger partial charge is 0.390 e. The predicted octanol–water partition coefficient (Wildman–Crippen LogP) is 4.52. The van der Waals surface area contributed by atoms with Crippen molar-refractivity contribution in [2.75, 3.05) is 17.2 Å². The molecule has 3 aliphatic carbocycles. The Morgan fingerprint density at radius 1 is 1.14 bits per heavy atom. The highest BCUT2D eigenvalue weighted by atomic mass is 16.3. The first-order valence-corrected chi connectivity index (χ1v) is 13.4. The van der Waals surface area contributed by atoms with Crippen molar-refractivity contribution in [3.8, 4) is 11.1 Å². The summed E-state index contributed by atoms with van der Waals surface area (Å²) in [5.74, 6) is 2.21. The molecule has 2 aromatic heterocycles. The summed E-state index contributed by atoms with van der Waals surface area (Å²) in [4.78, 5) is 17.6. The van der Waals surface area contributed by atoms with Gasteiger partial charge in [-0.25, -0.2) is 4.98 Å². The molecule has 0 aliphatic heterocycles. The third-order valence-electron chi connectivity index (χ3n) is 7.90. The molecule has 36 heavy (non-hydrogen) atoms. The molecule has 0 spiro atoms. The first-order valence-electron chi connectivity index (χ1n) is 13.4. The standard InChI is InChI=1S/C28H36N6O2/c1-17-11-19(7-10-22(17)27(35)32-21-8-9-21)23-16-30-34-25(29-15-18-13-28(2,36)14-18)12-24(33-26(23)34)31-20-5-3-4-6-20/h7,10-12,16,18,20-21,29,36H,3-6,8-9,13-15H2,1-2H3,(H,31,33)(H,32,35)/t18-,28+. The molecule has 0 saturated heterocycles. The first-order chi connectivity index (χ1) is 17.3. The number of aliphatic hydroxyl groups is 1. The zero-order chi connectivity index (χ0) is 24.9. The second kappa shape index (κ2) is 9.07. The molecule has 0 unspecified atom stereocenters. The van der Waals surface area contributed by atoms with Gasteiger partial charge < -0.3 is 21.1 Å². The molecule has 3 fully saturated rings. The van der Waals surface area contributed by atoms with Crippen molar-refractivity contribution in [1.82, 2.24) is 19.9 Å². The minimum Gasteiger partial charge on any atom is -0.390 e. The molecule has 2 heterocycles. The van der Waals surface area contributed by atoms with Gasteiger partial charge in [0.1, 0.15) is 11.6 Å². The number of aryl methyl sites for hydroxylation is 1. The molecular weight excluding hydrogens is 452 g/mol. The van der Waals surface area contributed by atoms with Crippen LogP contribution in [0.5, 0.6) is 0 Å². The normalized spacial score (nSPS) is 24.0. The van der Waals surface area contributed by atoms with Crippen molar-refractivity contribution in [1.29, 1.82) is 0 Å². The number of hydrogen-bond donors (Lipinski definition) is 4. The van der Waals surface area contributed by atoms with Crippen LogP contribution in [0, 0.1) is 12.8 Å². The Morgan fingerprint density at radius 2 is 1.92 bits per heavy atom. The summed E-state index contributed by atoms with van der Waals surface area (Å²) in [5, 5.41) is 25.1. The molecule has 6 rings (SSSR count). The number of hydrogen-bond acceptors (Lipinski definition) is 6. The summed E-state index contributed by atoms with van der Waals surface area (Å²) in [5.41, 5.74) is 3.86. The van der Waals surface area contributed by atoms with Gasteiger partial charge in [0.05, 0.1) is 11.8 Å². The topological polar surface area (TPSA) is 104 Å². The van der Waals surface area contributed by atoms with Gasteiger partial charge >= 0.3 is 0 Å². The van der Waals surface area contributed by atoms with Crippen LogP contribution in [0.2, 0.25) is 0 Å². The van der Waals surface area contributed by atoms with Crippen LogP contribution in [0.3, 0.4) is 0 Å². The number of nitrogens with zero attached hydrogens (tertiary/aromatic N) is 3. The molecule has 1 aromatic carbocycles. The Morgan fingerprint density at radius 3 is 2.61 bits per heavy atom. The molecular formula is C28H36N6O2. The fourth-order valence-corrected chi connectivity index (χ4v) is 5.80. The maximum Gasteiger partial charge on any atom is 0.251 e. The molecule has 0 atom stereocenters. The molecule has 8 heteroatoms. The summed E-state index contributed by atoms with van der Waals surface area (Å²) < 4.78 is 1.87. The van der Waals surface area contributed by atoms with Crippen LogP contribution in [0.25, 0.3) is 16.8 Å². The van der Waals surface area contributed by atoms with E-state index < -0.39 is 5.60 Å². The van der Waals surface area contributed by atoms with Gasteiger partial charge in [0.2, 0.25) is 0 Å². The maximum atomic E-state index is 12.6. The van der Waals surface area contributed by atoms with Gasteiger partial charge in [-0.05, 0) is 75.5 Å². The lowest BCUT2D eigenvalue weighted by Crippen LogP contribution is -2.43. The molecule has 190 valence electrons. The van der Waals surface area contributed by atoms with Crippen molar-refractivity contribution in [2.24, 2.45) is 5.92 Å². The summed E-state index contributed by atoms with van der Waals surface area (Å²) in [6.45, 7) is 4.68. The molecule has 3 aromatic rings. The SMILES string of the molecule is Cc1cc(-c2cnn3c(NC[C@H]4C[C@@](C)(O)C4)cc(NC4CCCC4)nc23)ccc1C(=O)NC1CC1. The molecule has 0 bridgehead atoms. The lowest BCUT2D eigenvalue weighted by Gasteiger charge is -2.41. The fraction of sp³-hybridized carbons (Fsp3) is 0.536. The number of aromatic nitrogens is 3. The van der Waals surface area contributed by atoms with Crippen LogP contribution in [0.4, 0.5) is 11.6 Å². The lowest BCUT2D eigenvalue weighted by molar-refractivity contribution is -0.0524. The van der Waals surface area contributed by atoms with Crippen molar-refractivity contribution in [3.63, 3.8) is 0 Å². The van der Waals surface area contributed by atoms with Gasteiger partial charge in [-0.1, -0.05) is 25.0 Å². The highest BCUT2D eigenvalue weighted by Crippen LogP contribution is 2.37. The summed E-state index contributed by atoms with van der Waals surface area (Å²) in [6, 6.07) is 8.80. The zero-order valence-corrected chi connectivity index (χ0v) is 21.2. The highest BCUT2D eigenvalue weighted by molar-refractivity contribution is 5.97. The van der Waals surface area contributed by atoms with Crippen molar-refractivity contribution in [3.05, 3.63) is 41.6 Å². The monoisotopic (exact) mass is 488 g/mol. The Labute approximate surface area is 211 Å². The van der Waals surface area contributed by atoms with E-state index in [4.69, 9.17) is 4.98 Å². The third-order valence-corrected chi connectivity index (χ3v) is 7.90. The number of nitrogens with one attached hydrogen (secondary N) is 3. The Bertz CT molecular complexity index is 1280. The molecule has 0 radical (unpaired) electrons. The van der Waals surface area contributed by atoms with Crippen molar-refractivity contribution >= 4 is 23.2 Å². The van der Waals surface area contributed by atoms with E-state index in [-0.39, 0.29) is 5.91 Å². The van der Waals surface area contributed by atoms with Crippen LogP contribution in [0.1, 0.15) is 74.2 Å². The Hall–Kier alpha value is -3.13. The molecule has 8 nitrogen and oxygen atoms in total. The van der Waals surface area contributed by atoms with Gasteiger partial charge in [0.25, 0.3) is 5.91 Å². The molecule has 3 saturated carbocycles. The van der Waals surface area contributed by atoms with E-state index in [9.17, 15) is 9.90 Å². The third kappa shape index (κ3) is 4.78. The summed E-state index contributed by atoms with van der Waals surface area (Å²) >= 11 is 0. The molecule has 4 N–H and O–H groups in total. The maximum absolute atomic E-state index is 12.6. The van der Waals surface area contributed by atoms with Gasteiger partial charge in [-0.15, -0.1) is 0 Å². The highest BCUT2D eigenvalue weighted by Gasteiger charge is 2.38. The second-order valence-corrected chi connectivity index (χ2v) is 11.4. The number of rotatable bonds is 8. The number of carbonyl (C=O) groups is 1. The van der Waals surface area contributed by atoms with Gasteiger partial charge in [-0.2, -0.15) is 9.61 Å². The number of amides is 1. The molecule has 1 amide bonds. The van der Waals surface area contributed by atoms with E-state index in [1.165, 1.54) is 25.7 Å². The van der Waals surface area contributed by atoms with Gasteiger partial charge in [0.15, 0.2) is 5.65 Å². The van der Waals surface area contributed by atoms with Crippen LogP contribution in [-0.4, -0.2) is 49.8 Å². The average Bonchev–Trinajstić information content (AvgIpc) is 3.30. The van der Waals surface area contributed by atoms with Gasteiger partial charge in [0, 0.05) is 35.8 Å². The van der Waals surface area contributed by atoms with Crippen LogP contribution >= 0.6 is 0 Å². The van der Waals surface area contributed by atoms with E-state index in [2.05, 4.69) is 33.2 Å². The van der Waals surface area contributed by atoms with Crippen molar-refractivity contribution < 1.29 is 9.90 Å². The number of benzene rings is 1. The minimum absolute atomic E-state index is 0.00375. The van der Waals surface area contributed by atoms with Crippen LogP contribution in [-0.2, 0) is 0 Å². The average molecular weight is 489 g/mol. The fourth-order valence-electron chi connectivity index (χ4n) is 5.80. The second-order valence-electron chi connectivity index (χ2n) is 11.4. The number of anilines is 2. The first kappa shape index (κ1) is 23.3. The quantitative estimate of drug-likeness (QED) is 0.372. The van der Waals surface area contributed by atoms with E-state index >= 15 is 0 Å². The lowest BCUT2D eigenvalue weighted by atomic mass is 9.72. The minimum atomic E-state index is -0.534. The predicted molar refractivity (Wildman–Crippen MR) is 141 cm³/mol. The number of fused-ring (bicyclic) bond motifs is 1.